The molecule has 0 saturated carbocycles. The van der Waals surface area contributed by atoms with Gasteiger partial charge in [-0.15, -0.1) is 0 Å². The summed E-state index contributed by atoms with van der Waals surface area (Å²) in [6.07, 6.45) is 0.816. The van der Waals surface area contributed by atoms with Crippen LogP contribution in [0.1, 0.15) is 29.3 Å². The highest BCUT2D eigenvalue weighted by Gasteiger charge is 2.16. The highest BCUT2D eigenvalue weighted by Crippen LogP contribution is 2.07. The fraction of sp³-hybridized carbons (Fsp3) is 0.385. The summed E-state index contributed by atoms with van der Waals surface area (Å²) >= 11 is 0. The van der Waals surface area contributed by atoms with Crippen molar-refractivity contribution in [1.29, 1.82) is 0 Å². The molecule has 0 aliphatic carbocycles. The van der Waals surface area contributed by atoms with E-state index in [-0.39, 0.29) is 18.3 Å². The van der Waals surface area contributed by atoms with Gasteiger partial charge in [-0.05, 0) is 25.5 Å². The standard InChI is InChI=1S/C13H19N3O2/c1-3-8-16(9-12(14)15-18)13(17)11-6-4-10(2)5-7-11/h4-7,18H,3,8-9H2,1-2H3,(H2,14,15). The number of oxime groups is 1. The van der Waals surface area contributed by atoms with E-state index in [1.165, 1.54) is 0 Å². The minimum absolute atomic E-state index is 0.0314. The zero-order valence-corrected chi connectivity index (χ0v) is 10.8. The second-order valence-electron chi connectivity index (χ2n) is 4.18. The van der Waals surface area contributed by atoms with Crippen LogP contribution < -0.4 is 5.73 Å². The molecule has 1 amide bonds. The van der Waals surface area contributed by atoms with E-state index in [2.05, 4.69) is 5.16 Å². The van der Waals surface area contributed by atoms with Gasteiger partial charge in [0.05, 0.1) is 6.54 Å². The molecule has 0 fully saturated rings. The van der Waals surface area contributed by atoms with E-state index in [9.17, 15) is 4.79 Å². The Morgan fingerprint density at radius 3 is 2.50 bits per heavy atom. The van der Waals surface area contributed by atoms with Crippen molar-refractivity contribution in [2.24, 2.45) is 10.9 Å². The highest BCUT2D eigenvalue weighted by molar-refractivity contribution is 5.97. The van der Waals surface area contributed by atoms with E-state index in [1.54, 1.807) is 17.0 Å². The van der Waals surface area contributed by atoms with Gasteiger partial charge < -0.3 is 15.8 Å². The van der Waals surface area contributed by atoms with Crippen LogP contribution in [-0.4, -0.2) is 34.9 Å². The molecule has 0 aromatic heterocycles. The van der Waals surface area contributed by atoms with E-state index in [1.807, 2.05) is 26.0 Å². The van der Waals surface area contributed by atoms with Gasteiger partial charge in [0.1, 0.15) is 0 Å². The zero-order chi connectivity index (χ0) is 13.5. The Balaban J connectivity index is 2.85. The third-order valence-corrected chi connectivity index (χ3v) is 2.56. The number of amidine groups is 1. The molecule has 0 atom stereocenters. The Morgan fingerprint density at radius 2 is 2.00 bits per heavy atom. The Labute approximate surface area is 107 Å². The summed E-state index contributed by atoms with van der Waals surface area (Å²) < 4.78 is 0. The number of aryl methyl sites for hydroxylation is 1. The van der Waals surface area contributed by atoms with E-state index in [0.29, 0.717) is 12.1 Å². The van der Waals surface area contributed by atoms with Crippen LogP contribution in [0.5, 0.6) is 0 Å². The quantitative estimate of drug-likeness (QED) is 0.360. The van der Waals surface area contributed by atoms with Crippen LogP contribution in [0.2, 0.25) is 0 Å². The molecule has 0 aliphatic rings. The molecule has 0 bridgehead atoms. The first-order chi connectivity index (χ1) is 8.58. The van der Waals surface area contributed by atoms with Gasteiger partial charge in [0, 0.05) is 12.1 Å². The van der Waals surface area contributed by atoms with Crippen molar-refractivity contribution in [2.75, 3.05) is 13.1 Å². The summed E-state index contributed by atoms with van der Waals surface area (Å²) in [6.45, 7) is 4.65. The normalized spacial score (nSPS) is 11.3. The maximum Gasteiger partial charge on any atom is 0.254 e. The molecule has 1 aromatic carbocycles. The van der Waals surface area contributed by atoms with E-state index < -0.39 is 0 Å². The molecule has 0 saturated heterocycles. The minimum Gasteiger partial charge on any atom is -0.409 e. The van der Waals surface area contributed by atoms with Crippen molar-refractivity contribution in [3.05, 3.63) is 35.4 Å². The van der Waals surface area contributed by atoms with Crippen LogP contribution in [0.4, 0.5) is 0 Å². The number of hydrogen-bond acceptors (Lipinski definition) is 3. The third kappa shape index (κ3) is 3.76. The van der Waals surface area contributed by atoms with Crippen LogP contribution in [0.25, 0.3) is 0 Å². The monoisotopic (exact) mass is 249 g/mol. The largest absolute Gasteiger partial charge is 0.409 e. The van der Waals surface area contributed by atoms with E-state index >= 15 is 0 Å². The smallest absolute Gasteiger partial charge is 0.254 e. The molecule has 0 heterocycles. The second-order valence-corrected chi connectivity index (χ2v) is 4.18. The van der Waals surface area contributed by atoms with Crippen LogP contribution in [0.15, 0.2) is 29.4 Å². The molecule has 3 N–H and O–H groups in total. The van der Waals surface area contributed by atoms with Crippen LogP contribution >= 0.6 is 0 Å². The first-order valence-corrected chi connectivity index (χ1v) is 5.90. The lowest BCUT2D eigenvalue weighted by Gasteiger charge is -2.21. The summed E-state index contributed by atoms with van der Waals surface area (Å²) in [7, 11) is 0. The molecule has 5 heteroatoms. The summed E-state index contributed by atoms with van der Waals surface area (Å²) in [5, 5.41) is 11.5. The molecular weight excluding hydrogens is 230 g/mol. The number of nitrogens with two attached hydrogens (primary N) is 1. The molecule has 0 spiro atoms. The molecule has 1 aromatic rings. The van der Waals surface area contributed by atoms with Crippen LogP contribution in [0, 0.1) is 6.92 Å². The predicted molar refractivity (Wildman–Crippen MR) is 70.8 cm³/mol. The van der Waals surface area contributed by atoms with Gasteiger partial charge in [0.2, 0.25) is 0 Å². The molecule has 98 valence electrons. The molecule has 1 rings (SSSR count). The number of nitrogens with zero attached hydrogens (tertiary/aromatic N) is 2. The number of benzene rings is 1. The summed E-state index contributed by atoms with van der Waals surface area (Å²) in [5.74, 6) is -0.0765. The summed E-state index contributed by atoms with van der Waals surface area (Å²) in [4.78, 5) is 13.8. The molecule has 0 unspecified atom stereocenters. The average molecular weight is 249 g/mol. The molecule has 18 heavy (non-hydrogen) atoms. The van der Waals surface area contributed by atoms with Crippen molar-refractivity contribution < 1.29 is 10.0 Å². The van der Waals surface area contributed by atoms with Gasteiger partial charge in [-0.3, -0.25) is 4.79 Å². The lowest BCUT2D eigenvalue weighted by molar-refractivity contribution is 0.0778. The summed E-state index contributed by atoms with van der Waals surface area (Å²) in [5.41, 5.74) is 7.16. The Hall–Kier alpha value is -2.04. The van der Waals surface area contributed by atoms with Crippen LogP contribution in [-0.2, 0) is 0 Å². The Morgan fingerprint density at radius 1 is 1.39 bits per heavy atom. The zero-order valence-electron chi connectivity index (χ0n) is 10.8. The molecule has 0 radical (unpaired) electrons. The number of carbonyl (C=O) groups excluding carboxylic acids is 1. The van der Waals surface area contributed by atoms with Gasteiger partial charge in [0.25, 0.3) is 5.91 Å². The van der Waals surface area contributed by atoms with Crippen molar-refractivity contribution in [1.82, 2.24) is 4.90 Å². The van der Waals surface area contributed by atoms with Crippen molar-refractivity contribution in [3.63, 3.8) is 0 Å². The maximum absolute atomic E-state index is 12.2. The topological polar surface area (TPSA) is 78.9 Å². The maximum atomic E-state index is 12.2. The average Bonchev–Trinajstić information content (AvgIpc) is 2.38. The van der Waals surface area contributed by atoms with Gasteiger partial charge in [-0.1, -0.05) is 29.8 Å². The summed E-state index contributed by atoms with van der Waals surface area (Å²) in [6, 6.07) is 7.35. The first-order valence-electron chi connectivity index (χ1n) is 5.90. The Kier molecular flexibility index (Phi) is 5.17. The lowest BCUT2D eigenvalue weighted by atomic mass is 10.1. The van der Waals surface area contributed by atoms with E-state index in [0.717, 1.165) is 12.0 Å². The van der Waals surface area contributed by atoms with E-state index in [4.69, 9.17) is 10.9 Å². The van der Waals surface area contributed by atoms with Gasteiger partial charge >= 0.3 is 0 Å². The fourth-order valence-electron chi connectivity index (χ4n) is 1.63. The number of hydrogen-bond donors (Lipinski definition) is 2. The van der Waals surface area contributed by atoms with Crippen molar-refractivity contribution >= 4 is 11.7 Å². The van der Waals surface area contributed by atoms with Crippen LogP contribution in [0.3, 0.4) is 0 Å². The lowest BCUT2D eigenvalue weighted by Crippen LogP contribution is -2.39. The van der Waals surface area contributed by atoms with Gasteiger partial charge in [0.15, 0.2) is 5.84 Å². The Bertz CT molecular complexity index is 426. The number of amides is 1. The highest BCUT2D eigenvalue weighted by atomic mass is 16.4. The SMILES string of the molecule is CCCN(CC(N)=NO)C(=O)c1ccc(C)cc1. The van der Waals surface area contributed by atoms with Gasteiger partial charge in [-0.2, -0.15) is 0 Å². The first kappa shape index (κ1) is 14.0. The second kappa shape index (κ2) is 6.64. The molecule has 0 aliphatic heterocycles. The molecular formula is C13H19N3O2. The minimum atomic E-state index is -0.108. The third-order valence-electron chi connectivity index (χ3n) is 2.56. The van der Waals surface area contributed by atoms with Gasteiger partial charge in [-0.25, -0.2) is 0 Å². The van der Waals surface area contributed by atoms with Crippen molar-refractivity contribution in [3.8, 4) is 0 Å². The number of rotatable bonds is 5. The predicted octanol–water partition coefficient (Wildman–Crippen LogP) is 1.59. The molecule has 5 nitrogen and oxygen atoms in total. The number of carbonyl (C=O) groups is 1. The van der Waals surface area contributed by atoms with Crippen molar-refractivity contribution in [2.45, 2.75) is 20.3 Å². The fourth-order valence-corrected chi connectivity index (χ4v) is 1.63.